The van der Waals surface area contributed by atoms with Crippen molar-refractivity contribution >= 4 is 39.1 Å². The third-order valence-corrected chi connectivity index (χ3v) is 8.45. The van der Waals surface area contributed by atoms with Gasteiger partial charge in [-0.15, -0.1) is 0 Å². The van der Waals surface area contributed by atoms with E-state index in [0.717, 1.165) is 43.1 Å². The van der Waals surface area contributed by atoms with Crippen molar-refractivity contribution in [3.8, 4) is 0 Å². The molecular formula is C29H40ClN3O4S. The van der Waals surface area contributed by atoms with Crippen LogP contribution in [0.1, 0.15) is 69.4 Å². The molecule has 1 atom stereocenters. The molecule has 2 aromatic carbocycles. The first kappa shape index (κ1) is 30.0. The molecule has 0 saturated heterocycles. The molecule has 208 valence electrons. The van der Waals surface area contributed by atoms with Crippen LogP contribution in [-0.4, -0.2) is 50.0 Å². The molecule has 1 aliphatic rings. The molecule has 0 bridgehead atoms. The fourth-order valence-corrected chi connectivity index (χ4v) is 6.25. The van der Waals surface area contributed by atoms with E-state index in [4.69, 9.17) is 11.6 Å². The zero-order valence-corrected chi connectivity index (χ0v) is 24.2. The molecule has 38 heavy (non-hydrogen) atoms. The van der Waals surface area contributed by atoms with Gasteiger partial charge in [0.25, 0.3) is 0 Å². The van der Waals surface area contributed by atoms with Crippen LogP contribution in [0, 0.1) is 6.92 Å². The average Bonchev–Trinajstić information content (AvgIpc) is 2.86. The van der Waals surface area contributed by atoms with Crippen molar-refractivity contribution in [3.05, 3.63) is 64.7 Å². The van der Waals surface area contributed by atoms with E-state index in [1.807, 2.05) is 38.1 Å². The summed E-state index contributed by atoms with van der Waals surface area (Å²) >= 11 is 6.08. The molecule has 3 rings (SSSR count). The normalized spacial score (nSPS) is 15.1. The summed E-state index contributed by atoms with van der Waals surface area (Å²) in [4.78, 5) is 28.6. The summed E-state index contributed by atoms with van der Waals surface area (Å²) in [6.45, 7) is 4.37. The second-order valence-electron chi connectivity index (χ2n) is 10.2. The highest BCUT2D eigenvalue weighted by molar-refractivity contribution is 7.92. The second kappa shape index (κ2) is 14.0. The maximum atomic E-state index is 13.6. The number of hydrogen-bond acceptors (Lipinski definition) is 4. The molecule has 0 heterocycles. The Morgan fingerprint density at radius 3 is 2.42 bits per heavy atom. The van der Waals surface area contributed by atoms with Gasteiger partial charge >= 0.3 is 0 Å². The van der Waals surface area contributed by atoms with E-state index < -0.39 is 16.1 Å². The third-order valence-electron chi connectivity index (χ3n) is 7.02. The first-order chi connectivity index (χ1) is 18.1. The summed E-state index contributed by atoms with van der Waals surface area (Å²) < 4.78 is 26.3. The molecular weight excluding hydrogens is 522 g/mol. The molecule has 1 N–H and O–H groups in total. The van der Waals surface area contributed by atoms with Gasteiger partial charge in [0.1, 0.15) is 6.04 Å². The predicted octanol–water partition coefficient (Wildman–Crippen LogP) is 5.45. The lowest BCUT2D eigenvalue weighted by molar-refractivity contribution is -0.141. The van der Waals surface area contributed by atoms with E-state index in [1.54, 1.807) is 29.2 Å². The summed E-state index contributed by atoms with van der Waals surface area (Å²) in [5.74, 6) is -0.284. The Labute approximate surface area is 232 Å². The number of amides is 2. The van der Waals surface area contributed by atoms with E-state index in [0.29, 0.717) is 30.1 Å². The lowest BCUT2D eigenvalue weighted by Gasteiger charge is -2.33. The molecule has 9 heteroatoms. The van der Waals surface area contributed by atoms with Crippen molar-refractivity contribution in [2.45, 2.75) is 83.8 Å². The van der Waals surface area contributed by atoms with Crippen LogP contribution < -0.4 is 9.62 Å². The van der Waals surface area contributed by atoms with Crippen LogP contribution >= 0.6 is 11.6 Å². The number of aryl methyl sites for hydroxylation is 1. The quantitative estimate of drug-likeness (QED) is 0.373. The Morgan fingerprint density at radius 1 is 1.08 bits per heavy atom. The molecule has 0 radical (unpaired) electrons. The van der Waals surface area contributed by atoms with E-state index in [1.165, 1.54) is 10.7 Å². The van der Waals surface area contributed by atoms with Gasteiger partial charge in [-0.1, -0.05) is 73.7 Å². The van der Waals surface area contributed by atoms with Gasteiger partial charge in [-0.3, -0.25) is 13.9 Å². The standard InChI is InChI=1S/C29H40ClN3O4S/c1-4-27(29(35)31-25-14-6-5-7-15-25)32(21-23-12-8-11-22(2)19-23)28(34)17-10-18-33(38(3,36)37)26-16-9-13-24(30)20-26/h8-9,11-13,16,19-20,25,27H,4-7,10,14-15,17-18,21H2,1-3H3,(H,31,35). The Balaban J connectivity index is 1.76. The predicted molar refractivity (Wildman–Crippen MR) is 154 cm³/mol. The van der Waals surface area contributed by atoms with Crippen molar-refractivity contribution in [3.63, 3.8) is 0 Å². The minimum atomic E-state index is -3.57. The van der Waals surface area contributed by atoms with Gasteiger partial charge in [0.15, 0.2) is 0 Å². The molecule has 0 aliphatic heterocycles. The van der Waals surface area contributed by atoms with Gasteiger partial charge in [0.05, 0.1) is 11.9 Å². The topological polar surface area (TPSA) is 86.8 Å². The van der Waals surface area contributed by atoms with Gasteiger partial charge in [-0.25, -0.2) is 8.42 Å². The number of nitrogens with one attached hydrogen (secondary N) is 1. The number of rotatable bonds is 12. The Bertz CT molecular complexity index is 1200. The number of benzene rings is 2. The molecule has 1 aliphatic carbocycles. The van der Waals surface area contributed by atoms with Crippen LogP contribution in [0.15, 0.2) is 48.5 Å². The first-order valence-electron chi connectivity index (χ1n) is 13.5. The molecule has 7 nitrogen and oxygen atoms in total. The fourth-order valence-electron chi connectivity index (χ4n) is 5.11. The Hall–Kier alpha value is -2.58. The smallest absolute Gasteiger partial charge is 0.243 e. The zero-order chi connectivity index (χ0) is 27.7. The van der Waals surface area contributed by atoms with E-state index in [9.17, 15) is 18.0 Å². The van der Waals surface area contributed by atoms with E-state index in [2.05, 4.69) is 5.32 Å². The SMILES string of the molecule is CCC(C(=O)NC1CCCCC1)N(Cc1cccc(C)c1)C(=O)CCCN(c1cccc(Cl)c1)S(C)(=O)=O. The summed E-state index contributed by atoms with van der Waals surface area (Å²) in [5.41, 5.74) is 2.50. The Kier molecular flexibility index (Phi) is 11.0. The minimum Gasteiger partial charge on any atom is -0.352 e. The number of carbonyl (C=O) groups excluding carboxylic acids is 2. The lowest BCUT2D eigenvalue weighted by atomic mass is 9.95. The van der Waals surface area contributed by atoms with Gasteiger partial charge < -0.3 is 10.2 Å². The molecule has 1 fully saturated rings. The monoisotopic (exact) mass is 561 g/mol. The van der Waals surface area contributed by atoms with Gasteiger partial charge in [-0.2, -0.15) is 0 Å². The van der Waals surface area contributed by atoms with Crippen LogP contribution in [0.3, 0.4) is 0 Å². The third kappa shape index (κ3) is 8.73. The number of sulfonamides is 1. The minimum absolute atomic E-state index is 0.114. The summed E-state index contributed by atoms with van der Waals surface area (Å²) in [7, 11) is -3.57. The van der Waals surface area contributed by atoms with Gasteiger partial charge in [0, 0.05) is 30.6 Å². The number of hydrogen-bond donors (Lipinski definition) is 1. The maximum absolute atomic E-state index is 13.6. The van der Waals surface area contributed by atoms with Crippen molar-refractivity contribution in [1.29, 1.82) is 0 Å². The van der Waals surface area contributed by atoms with Crippen molar-refractivity contribution in [1.82, 2.24) is 10.2 Å². The number of halogens is 1. The van der Waals surface area contributed by atoms with Crippen LogP contribution in [0.2, 0.25) is 5.02 Å². The van der Waals surface area contributed by atoms with Gasteiger partial charge in [0.2, 0.25) is 21.8 Å². The number of carbonyl (C=O) groups is 2. The summed E-state index contributed by atoms with van der Waals surface area (Å²) in [5, 5.41) is 3.63. The van der Waals surface area contributed by atoms with E-state index >= 15 is 0 Å². The van der Waals surface area contributed by atoms with Crippen LogP contribution in [-0.2, 0) is 26.2 Å². The Morgan fingerprint density at radius 2 is 1.79 bits per heavy atom. The molecule has 2 aromatic rings. The van der Waals surface area contributed by atoms with E-state index in [-0.39, 0.29) is 30.8 Å². The highest BCUT2D eigenvalue weighted by Gasteiger charge is 2.30. The lowest BCUT2D eigenvalue weighted by Crippen LogP contribution is -2.51. The maximum Gasteiger partial charge on any atom is 0.243 e. The van der Waals surface area contributed by atoms with Crippen LogP contribution in [0.4, 0.5) is 5.69 Å². The van der Waals surface area contributed by atoms with Crippen LogP contribution in [0.25, 0.3) is 0 Å². The van der Waals surface area contributed by atoms with Crippen LogP contribution in [0.5, 0.6) is 0 Å². The largest absolute Gasteiger partial charge is 0.352 e. The average molecular weight is 562 g/mol. The first-order valence-corrected chi connectivity index (χ1v) is 15.7. The molecule has 2 amide bonds. The number of anilines is 1. The number of nitrogens with zero attached hydrogens (tertiary/aromatic N) is 2. The van der Waals surface area contributed by atoms with Gasteiger partial charge in [-0.05, 0) is 56.4 Å². The van der Waals surface area contributed by atoms with Crippen molar-refractivity contribution < 1.29 is 18.0 Å². The highest BCUT2D eigenvalue weighted by atomic mass is 35.5. The highest BCUT2D eigenvalue weighted by Crippen LogP contribution is 2.23. The van der Waals surface area contributed by atoms with Crippen molar-refractivity contribution in [2.24, 2.45) is 0 Å². The zero-order valence-electron chi connectivity index (χ0n) is 22.7. The summed E-state index contributed by atoms with van der Waals surface area (Å²) in [6, 6.07) is 14.1. The second-order valence-corrected chi connectivity index (χ2v) is 12.5. The molecule has 1 saturated carbocycles. The molecule has 0 aromatic heterocycles. The fraction of sp³-hybridized carbons (Fsp3) is 0.517. The van der Waals surface area contributed by atoms with Crippen molar-refractivity contribution in [2.75, 3.05) is 17.1 Å². The summed E-state index contributed by atoms with van der Waals surface area (Å²) in [6.07, 6.45) is 7.42. The molecule has 1 unspecified atom stereocenters. The molecule has 0 spiro atoms.